The number of amides is 2. The van der Waals surface area contributed by atoms with Gasteiger partial charge in [-0.1, -0.05) is 12.8 Å². The number of rotatable bonds is 6. The number of nitrogens with zero attached hydrogens (tertiary/aromatic N) is 5. The number of hydrogen-bond donors (Lipinski definition) is 2. The van der Waals surface area contributed by atoms with Crippen LogP contribution in [-0.2, 0) is 4.79 Å². The Hall–Kier alpha value is -3.87. The fourth-order valence-corrected chi connectivity index (χ4v) is 4.80. The molecular weight excluding hydrogens is 446 g/mol. The molecule has 0 bridgehead atoms. The molecule has 0 radical (unpaired) electrons. The highest BCUT2D eigenvalue weighted by atomic mass is 16.5. The van der Waals surface area contributed by atoms with E-state index < -0.39 is 5.41 Å². The van der Waals surface area contributed by atoms with Crippen LogP contribution in [0, 0.1) is 16.7 Å². The predicted molar refractivity (Wildman–Crippen MR) is 133 cm³/mol. The highest BCUT2D eigenvalue weighted by Gasteiger charge is 2.41. The zero-order valence-corrected chi connectivity index (χ0v) is 20.6. The highest BCUT2D eigenvalue weighted by Crippen LogP contribution is 2.40. The van der Waals surface area contributed by atoms with Crippen LogP contribution in [0.1, 0.15) is 49.9 Å². The van der Waals surface area contributed by atoms with Gasteiger partial charge in [-0.25, -0.2) is 4.98 Å². The molecule has 1 aliphatic carbocycles. The Morgan fingerprint density at radius 3 is 2.74 bits per heavy atom. The molecule has 184 valence electrons. The number of ether oxygens (including phenoxy) is 1. The van der Waals surface area contributed by atoms with E-state index in [1.165, 1.54) is 20.0 Å². The van der Waals surface area contributed by atoms with Crippen LogP contribution in [0.2, 0.25) is 0 Å². The number of methoxy groups -OCH3 is 1. The second kappa shape index (κ2) is 9.78. The third kappa shape index (κ3) is 4.85. The number of carbonyl (C=O) groups excluding carboxylic acids is 2. The monoisotopic (exact) mass is 477 g/mol. The number of anilines is 4. The van der Waals surface area contributed by atoms with Crippen LogP contribution < -0.4 is 25.2 Å². The summed E-state index contributed by atoms with van der Waals surface area (Å²) in [7, 11) is 3.29. The molecular formula is C25H31N7O3. The number of aromatic nitrogens is 2. The zero-order chi connectivity index (χ0) is 25.2. The van der Waals surface area contributed by atoms with E-state index in [9.17, 15) is 9.59 Å². The molecule has 0 atom stereocenters. The van der Waals surface area contributed by atoms with E-state index in [1.54, 1.807) is 36.3 Å². The van der Waals surface area contributed by atoms with Gasteiger partial charge in [-0.3, -0.25) is 9.59 Å². The Kier molecular flexibility index (Phi) is 6.78. The van der Waals surface area contributed by atoms with Crippen molar-refractivity contribution in [1.29, 1.82) is 5.26 Å². The van der Waals surface area contributed by atoms with Crippen LogP contribution in [0.4, 0.5) is 23.1 Å². The summed E-state index contributed by atoms with van der Waals surface area (Å²) < 4.78 is 5.48. The number of hydrogen-bond acceptors (Lipinski definition) is 8. The molecule has 2 aromatic rings. The average molecular weight is 478 g/mol. The summed E-state index contributed by atoms with van der Waals surface area (Å²) in [5, 5.41) is 14.4. The van der Waals surface area contributed by atoms with Crippen LogP contribution in [0.3, 0.4) is 0 Å². The number of nitriles is 1. The van der Waals surface area contributed by atoms with Crippen molar-refractivity contribution in [2.45, 2.75) is 45.6 Å². The number of carbonyl (C=O) groups is 2. The van der Waals surface area contributed by atoms with Crippen LogP contribution >= 0.6 is 0 Å². The fourth-order valence-electron chi connectivity index (χ4n) is 4.80. The molecule has 0 saturated heterocycles. The minimum Gasteiger partial charge on any atom is -0.495 e. The Labute approximate surface area is 205 Å². The summed E-state index contributed by atoms with van der Waals surface area (Å²) in [6.07, 6.45) is 6.17. The molecule has 1 saturated carbocycles. The lowest BCUT2D eigenvalue weighted by atomic mass is 9.91. The van der Waals surface area contributed by atoms with E-state index in [2.05, 4.69) is 20.5 Å². The molecule has 1 aromatic heterocycles. The Morgan fingerprint density at radius 2 is 2.06 bits per heavy atom. The van der Waals surface area contributed by atoms with Crippen molar-refractivity contribution in [3.63, 3.8) is 0 Å². The van der Waals surface area contributed by atoms with Crippen LogP contribution in [0.5, 0.6) is 5.75 Å². The van der Waals surface area contributed by atoms with Gasteiger partial charge in [-0.15, -0.1) is 0 Å². The van der Waals surface area contributed by atoms with Crippen molar-refractivity contribution >= 4 is 35.0 Å². The lowest BCUT2D eigenvalue weighted by molar-refractivity contribution is -0.125. The van der Waals surface area contributed by atoms with E-state index in [4.69, 9.17) is 15.0 Å². The molecule has 1 aliphatic heterocycles. The largest absolute Gasteiger partial charge is 0.495 e. The maximum absolute atomic E-state index is 13.2. The van der Waals surface area contributed by atoms with Gasteiger partial charge >= 0.3 is 0 Å². The van der Waals surface area contributed by atoms with Gasteiger partial charge in [0.15, 0.2) is 5.82 Å². The van der Waals surface area contributed by atoms with Crippen molar-refractivity contribution < 1.29 is 14.3 Å². The second-order valence-corrected chi connectivity index (χ2v) is 9.60. The summed E-state index contributed by atoms with van der Waals surface area (Å²) in [4.78, 5) is 38.6. The third-order valence-electron chi connectivity index (χ3n) is 6.64. The van der Waals surface area contributed by atoms with E-state index in [0.29, 0.717) is 41.2 Å². The SMILES string of the molecule is COc1cc(C(=O)NCC#N)ccc1Nc1ncc2c(n1)N(C1CCCC1)CC(C)(C)C(=O)N2C. The first-order valence-corrected chi connectivity index (χ1v) is 11.8. The number of fused-ring (bicyclic) bond motifs is 1. The predicted octanol–water partition coefficient (Wildman–Crippen LogP) is 3.23. The lowest BCUT2D eigenvalue weighted by Gasteiger charge is -2.34. The molecule has 1 fully saturated rings. The van der Waals surface area contributed by atoms with Crippen LogP contribution in [0.25, 0.3) is 0 Å². The molecule has 2 aliphatic rings. The van der Waals surface area contributed by atoms with Crippen molar-refractivity contribution in [3.8, 4) is 11.8 Å². The smallest absolute Gasteiger partial charge is 0.252 e. The maximum Gasteiger partial charge on any atom is 0.252 e. The lowest BCUT2D eigenvalue weighted by Crippen LogP contribution is -2.45. The highest BCUT2D eigenvalue weighted by molar-refractivity contribution is 6.01. The maximum atomic E-state index is 13.2. The minimum absolute atomic E-state index is 0.0375. The summed E-state index contributed by atoms with van der Waals surface area (Å²) in [5.41, 5.74) is 1.10. The quantitative estimate of drug-likeness (QED) is 0.608. The molecule has 4 rings (SSSR count). The van der Waals surface area contributed by atoms with Gasteiger partial charge in [0.25, 0.3) is 5.91 Å². The first-order valence-electron chi connectivity index (χ1n) is 11.8. The van der Waals surface area contributed by atoms with Crippen LogP contribution in [0.15, 0.2) is 24.4 Å². The van der Waals surface area contributed by atoms with E-state index >= 15 is 0 Å². The first kappa shape index (κ1) is 24.3. The van der Waals surface area contributed by atoms with E-state index in [0.717, 1.165) is 18.7 Å². The standard InChI is InChI=1S/C25H31N7O3/c1-25(2)15-32(17-7-5-6-8-17)21-19(31(3)23(25)34)14-28-24(30-21)29-18-10-9-16(13-20(18)35-4)22(33)27-12-11-26/h9-10,13-14,17H,5-8,12,15H2,1-4H3,(H,27,33)(H,28,29,30). The molecule has 10 heteroatoms. The molecule has 0 unspecified atom stereocenters. The number of benzene rings is 1. The summed E-state index contributed by atoms with van der Waals surface area (Å²) in [5.74, 6) is 1.22. The van der Waals surface area contributed by atoms with Crippen LogP contribution in [-0.4, -0.2) is 55.1 Å². The molecule has 0 spiro atoms. The minimum atomic E-state index is -0.559. The molecule has 2 N–H and O–H groups in total. The summed E-state index contributed by atoms with van der Waals surface area (Å²) >= 11 is 0. The van der Waals surface area contributed by atoms with Gasteiger partial charge in [0.1, 0.15) is 18.0 Å². The van der Waals surface area contributed by atoms with Gasteiger partial charge in [0.05, 0.1) is 30.5 Å². The summed E-state index contributed by atoms with van der Waals surface area (Å²) in [6, 6.07) is 7.16. The van der Waals surface area contributed by atoms with Crippen molar-refractivity contribution in [1.82, 2.24) is 15.3 Å². The van der Waals surface area contributed by atoms with Gasteiger partial charge in [0.2, 0.25) is 11.9 Å². The molecule has 2 heterocycles. The second-order valence-electron chi connectivity index (χ2n) is 9.60. The van der Waals surface area contributed by atoms with E-state index in [1.807, 2.05) is 19.9 Å². The molecule has 35 heavy (non-hydrogen) atoms. The molecule has 1 aromatic carbocycles. The normalized spacial score (nSPS) is 17.4. The number of nitrogens with one attached hydrogen (secondary N) is 2. The van der Waals surface area contributed by atoms with E-state index in [-0.39, 0.29) is 18.4 Å². The Bertz CT molecular complexity index is 1170. The topological polar surface area (TPSA) is 123 Å². The van der Waals surface area contributed by atoms with Crippen molar-refractivity contribution in [3.05, 3.63) is 30.0 Å². The average Bonchev–Trinajstić information content (AvgIpc) is 3.37. The Morgan fingerprint density at radius 1 is 1.31 bits per heavy atom. The van der Waals surface area contributed by atoms with Crippen molar-refractivity contribution in [2.24, 2.45) is 5.41 Å². The first-order chi connectivity index (χ1) is 16.7. The summed E-state index contributed by atoms with van der Waals surface area (Å²) in [6.45, 7) is 4.46. The Balaban J connectivity index is 1.68. The third-order valence-corrected chi connectivity index (χ3v) is 6.64. The molecule has 10 nitrogen and oxygen atoms in total. The van der Waals surface area contributed by atoms with Crippen molar-refractivity contribution in [2.75, 3.05) is 42.4 Å². The van der Waals surface area contributed by atoms with Gasteiger partial charge < -0.3 is 25.2 Å². The molecule has 2 amide bonds. The zero-order valence-electron chi connectivity index (χ0n) is 20.6. The van der Waals surface area contributed by atoms with Gasteiger partial charge in [-0.05, 0) is 44.9 Å². The fraction of sp³-hybridized carbons (Fsp3) is 0.480. The van der Waals surface area contributed by atoms with Gasteiger partial charge in [-0.2, -0.15) is 10.2 Å². The van der Waals surface area contributed by atoms with Gasteiger partial charge in [0, 0.05) is 25.2 Å².